The van der Waals surface area contributed by atoms with Crippen LogP contribution in [0.5, 0.6) is 17.2 Å². The molecule has 4 aromatic heterocycles. The van der Waals surface area contributed by atoms with Crippen molar-refractivity contribution in [3.8, 4) is 46.1 Å². The molecule has 0 aliphatic carbocycles. The van der Waals surface area contributed by atoms with E-state index in [4.69, 9.17) is 14.2 Å². The Bertz CT molecular complexity index is 4210. The number of aliphatic hydroxyl groups excluding tert-OH is 3. The maximum absolute atomic E-state index is 12.4. The molecule has 74 heavy (non-hydrogen) atoms. The molecule has 0 atom stereocenters. The second-order valence-electron chi connectivity index (χ2n) is 18.4. The number of rotatable bonds is 10. The van der Waals surface area contributed by atoms with Crippen LogP contribution in [0.25, 0.3) is 115 Å². The second-order valence-corrected chi connectivity index (χ2v) is 18.4. The third kappa shape index (κ3) is 6.23. The number of methoxy groups -OCH3 is 3. The monoisotopic (exact) mass is 968 g/mol. The summed E-state index contributed by atoms with van der Waals surface area (Å²) in [6.07, 6.45) is 0. The van der Waals surface area contributed by atoms with Crippen molar-refractivity contribution >= 4 is 92.9 Å². The van der Waals surface area contributed by atoms with Crippen molar-refractivity contribution in [3.05, 3.63) is 191 Å². The van der Waals surface area contributed by atoms with Crippen molar-refractivity contribution in [1.29, 1.82) is 5.26 Å². The van der Waals surface area contributed by atoms with Crippen molar-refractivity contribution in [1.82, 2.24) is 18.3 Å². The smallest absolute Gasteiger partial charge is 0.237 e. The van der Waals surface area contributed by atoms with E-state index in [0.29, 0.717) is 56.7 Å². The normalized spacial score (nSPS) is 11.8. The Balaban J connectivity index is 1.38. The maximum Gasteiger partial charge on any atom is 0.237 e. The van der Waals surface area contributed by atoms with Gasteiger partial charge in [-0.25, -0.2) is 4.85 Å². The van der Waals surface area contributed by atoms with Crippen LogP contribution >= 0.6 is 0 Å². The van der Waals surface area contributed by atoms with E-state index in [1.807, 2.05) is 146 Å². The van der Waals surface area contributed by atoms with Crippen molar-refractivity contribution in [2.75, 3.05) is 21.3 Å². The molecule has 0 aliphatic heterocycles. The van der Waals surface area contributed by atoms with E-state index in [1.165, 1.54) is 0 Å². The molecule has 3 N–H and O–H groups in total. The Kier molecular flexibility index (Phi) is 10.2. The number of hydrogen-bond acceptors (Lipinski definition) is 7. The molecule has 12 nitrogen and oxygen atoms in total. The van der Waals surface area contributed by atoms with Crippen LogP contribution in [0.15, 0.2) is 158 Å². The minimum absolute atomic E-state index is 0.196. The first kappa shape index (κ1) is 44.4. The first-order valence-corrected chi connectivity index (χ1v) is 24.0. The average molecular weight is 969 g/mol. The molecule has 358 valence electrons. The Morgan fingerprint density at radius 2 is 0.730 bits per heavy atom. The zero-order chi connectivity index (χ0) is 50.5. The molecule has 4 heterocycles. The van der Waals surface area contributed by atoms with Crippen molar-refractivity contribution in [2.45, 2.75) is 19.8 Å². The van der Waals surface area contributed by atoms with Crippen LogP contribution in [0.3, 0.4) is 0 Å². The fourth-order valence-electron chi connectivity index (χ4n) is 11.5. The van der Waals surface area contributed by atoms with Crippen LogP contribution in [-0.2, 0) is 19.8 Å². The highest BCUT2D eigenvalue weighted by Crippen LogP contribution is 2.52. The highest BCUT2D eigenvalue weighted by molar-refractivity contribution is 6.17. The van der Waals surface area contributed by atoms with Crippen LogP contribution in [0, 0.1) is 17.9 Å². The fraction of sp³-hybridized carbons (Fsp3) is 0.0968. The third-order valence-electron chi connectivity index (χ3n) is 14.7. The van der Waals surface area contributed by atoms with Gasteiger partial charge in [0.2, 0.25) is 5.69 Å². The lowest BCUT2D eigenvalue weighted by Crippen LogP contribution is -2.14. The molecule has 13 aromatic rings. The van der Waals surface area contributed by atoms with Crippen molar-refractivity contribution in [2.24, 2.45) is 0 Å². The molecule has 9 aromatic carbocycles. The van der Waals surface area contributed by atoms with Gasteiger partial charge in [-0.1, -0.05) is 54.6 Å². The quantitative estimate of drug-likeness (QED) is 0.116. The number of aromatic nitrogens is 4. The van der Waals surface area contributed by atoms with E-state index in [-0.39, 0.29) is 31.1 Å². The van der Waals surface area contributed by atoms with Crippen LogP contribution in [0.4, 0.5) is 5.69 Å². The predicted molar refractivity (Wildman–Crippen MR) is 292 cm³/mol. The van der Waals surface area contributed by atoms with Crippen LogP contribution < -0.4 is 14.2 Å². The van der Waals surface area contributed by atoms with E-state index < -0.39 is 0 Å². The molecule has 13 rings (SSSR count). The number of aliphatic hydroxyl groups is 3. The van der Waals surface area contributed by atoms with E-state index in [9.17, 15) is 27.2 Å². The summed E-state index contributed by atoms with van der Waals surface area (Å²) in [6.45, 7) is 9.04. The van der Waals surface area contributed by atoms with Crippen LogP contribution in [0.2, 0.25) is 0 Å². The number of fused-ring (bicyclic) bond motifs is 12. The summed E-state index contributed by atoms with van der Waals surface area (Å²) < 4.78 is 26.1. The Morgan fingerprint density at radius 1 is 0.405 bits per heavy atom. The van der Waals surface area contributed by atoms with Gasteiger partial charge in [0.1, 0.15) is 23.3 Å². The van der Waals surface area contributed by atoms with Gasteiger partial charge in [-0.05, 0) is 120 Å². The average Bonchev–Trinajstić information content (AvgIpc) is 4.17. The number of hydrogen-bond donors (Lipinski definition) is 3. The van der Waals surface area contributed by atoms with Gasteiger partial charge in [-0.2, -0.15) is 5.26 Å². The third-order valence-corrected chi connectivity index (χ3v) is 14.7. The highest BCUT2D eigenvalue weighted by atomic mass is 16.5. The summed E-state index contributed by atoms with van der Waals surface area (Å²) in [5, 5.41) is 51.1. The zero-order valence-corrected chi connectivity index (χ0v) is 40.4. The molecular weight excluding hydrogens is 925 g/mol. The van der Waals surface area contributed by atoms with Gasteiger partial charge in [0, 0.05) is 43.1 Å². The standard InChI is InChI=1S/C62H44N6O6/c1-64-58-59(65-50-11-7-5-9-41(50)42-10-6-8-12-51(42)65)49(31-63)60(66-55-22-16-39(73-3)29-47(55)48-30-40(74-4)17-23-56(48)66)62(68-54-21-15-37(34-71)27-45(54)46-28-38(72-2)18-24-57(46)68)61(58)67-52-19-13-35(32-69)25-43(52)44-26-36(33-70)14-20-53(44)67/h5-30,69-71H,32-34H2,2-4H3. The van der Waals surface area contributed by atoms with E-state index in [2.05, 4.69) is 41.3 Å². The molecule has 0 saturated carbocycles. The second kappa shape index (κ2) is 17.1. The molecule has 0 saturated heterocycles. The first-order chi connectivity index (χ1) is 36.4. The molecule has 0 unspecified atom stereocenters. The summed E-state index contributed by atoms with van der Waals surface area (Å²) in [6, 6.07) is 54.1. The molecule has 0 fully saturated rings. The fourth-order valence-corrected chi connectivity index (χ4v) is 11.5. The Hall–Kier alpha value is -9.56. The Labute approximate surface area is 422 Å². The largest absolute Gasteiger partial charge is 0.497 e. The summed E-state index contributed by atoms with van der Waals surface area (Å²) in [5.41, 5.74) is 10.4. The summed E-state index contributed by atoms with van der Waals surface area (Å²) in [5.74, 6) is 1.90. The van der Waals surface area contributed by atoms with Gasteiger partial charge in [0.05, 0.1) is 120 Å². The Morgan fingerprint density at radius 3 is 1.09 bits per heavy atom. The molecule has 0 bridgehead atoms. The number of nitrogens with zero attached hydrogens (tertiary/aromatic N) is 6. The molecule has 0 radical (unpaired) electrons. The molecule has 0 spiro atoms. The van der Waals surface area contributed by atoms with Crippen LogP contribution in [-0.4, -0.2) is 54.9 Å². The van der Waals surface area contributed by atoms with Crippen molar-refractivity contribution in [3.63, 3.8) is 0 Å². The molecule has 0 aliphatic rings. The zero-order valence-electron chi connectivity index (χ0n) is 40.4. The number of benzene rings is 9. The SMILES string of the molecule is [C-]#[N+]c1c(-n2c3ccccc3c3ccccc32)c(C#N)c(-n2c3ccc(OC)cc3c3cc(OC)ccc32)c(-n2c3ccc(CO)cc3c3cc(OC)ccc32)c1-n1c2ccc(CO)cc2c2cc(CO)ccc21. The summed E-state index contributed by atoms with van der Waals surface area (Å²) in [4.78, 5) is 4.63. The lowest BCUT2D eigenvalue weighted by Gasteiger charge is -2.27. The number of para-hydroxylation sites is 2. The van der Waals surface area contributed by atoms with Gasteiger partial charge in [0.15, 0.2) is 0 Å². The number of nitriles is 1. The molecular formula is C62H44N6O6. The van der Waals surface area contributed by atoms with E-state index in [1.54, 1.807) is 21.3 Å². The summed E-state index contributed by atoms with van der Waals surface area (Å²) in [7, 11) is 4.90. The van der Waals surface area contributed by atoms with Crippen LogP contribution in [0.1, 0.15) is 22.3 Å². The lowest BCUT2D eigenvalue weighted by molar-refractivity contribution is 0.281. The highest BCUT2D eigenvalue weighted by Gasteiger charge is 2.35. The van der Waals surface area contributed by atoms with E-state index >= 15 is 0 Å². The van der Waals surface area contributed by atoms with Gasteiger partial charge in [-0.15, -0.1) is 0 Å². The lowest BCUT2D eigenvalue weighted by atomic mass is 10.0. The van der Waals surface area contributed by atoms with E-state index in [0.717, 1.165) is 87.2 Å². The van der Waals surface area contributed by atoms with Gasteiger partial charge in [-0.3, -0.25) is 0 Å². The topological polar surface area (TPSA) is 136 Å². The first-order valence-electron chi connectivity index (χ1n) is 24.0. The summed E-state index contributed by atoms with van der Waals surface area (Å²) >= 11 is 0. The van der Waals surface area contributed by atoms with Gasteiger partial charge >= 0.3 is 0 Å². The minimum atomic E-state index is -0.205. The number of ether oxygens (including phenoxy) is 3. The predicted octanol–water partition coefficient (Wildman–Crippen LogP) is 13.0. The van der Waals surface area contributed by atoms with Crippen molar-refractivity contribution < 1.29 is 29.5 Å². The minimum Gasteiger partial charge on any atom is -0.497 e. The maximum atomic E-state index is 12.4. The van der Waals surface area contributed by atoms with Gasteiger partial charge < -0.3 is 47.8 Å². The molecule has 0 amide bonds. The molecule has 12 heteroatoms. The van der Waals surface area contributed by atoms with Gasteiger partial charge in [0.25, 0.3) is 0 Å².